The van der Waals surface area contributed by atoms with Gasteiger partial charge in [-0.15, -0.1) is 10.2 Å². The van der Waals surface area contributed by atoms with Crippen molar-refractivity contribution in [3.05, 3.63) is 5.82 Å². The van der Waals surface area contributed by atoms with Gasteiger partial charge < -0.3 is 0 Å². The summed E-state index contributed by atoms with van der Waals surface area (Å²) in [7, 11) is 1.80. The van der Waals surface area contributed by atoms with Crippen LogP contribution in [0.5, 0.6) is 0 Å². The van der Waals surface area contributed by atoms with Crippen LogP contribution in [0.3, 0.4) is 0 Å². The number of aromatic nitrogens is 4. The molecule has 2 rings (SSSR count). The highest BCUT2D eigenvalue weighted by atomic mass is 32.2. The van der Waals surface area contributed by atoms with E-state index in [1.807, 2.05) is 11.8 Å². The highest BCUT2D eigenvalue weighted by Gasteiger charge is 2.15. The van der Waals surface area contributed by atoms with Crippen molar-refractivity contribution >= 4 is 11.8 Å². The van der Waals surface area contributed by atoms with Gasteiger partial charge in [0, 0.05) is 5.25 Å². The fourth-order valence-electron chi connectivity index (χ4n) is 1.63. The van der Waals surface area contributed by atoms with E-state index >= 15 is 0 Å². The van der Waals surface area contributed by atoms with E-state index in [9.17, 15) is 0 Å². The van der Waals surface area contributed by atoms with Gasteiger partial charge in [-0.1, -0.05) is 12.8 Å². The molecule has 5 heteroatoms. The first-order valence-corrected chi connectivity index (χ1v) is 5.74. The molecule has 0 spiro atoms. The van der Waals surface area contributed by atoms with Crippen molar-refractivity contribution in [3.63, 3.8) is 0 Å². The molecule has 1 aromatic rings. The Bertz CT molecular complexity index is 267. The van der Waals surface area contributed by atoms with E-state index in [1.54, 1.807) is 7.05 Å². The molecular formula is C8H14N4S. The van der Waals surface area contributed by atoms with Gasteiger partial charge in [-0.25, -0.2) is 0 Å². The molecule has 4 nitrogen and oxygen atoms in total. The Kier molecular flexibility index (Phi) is 2.83. The lowest BCUT2D eigenvalue weighted by Crippen LogP contribution is -1.97. The third-order valence-electron chi connectivity index (χ3n) is 2.30. The lowest BCUT2D eigenvalue weighted by Gasteiger charge is -2.04. The van der Waals surface area contributed by atoms with Crippen LogP contribution >= 0.6 is 11.8 Å². The highest BCUT2D eigenvalue weighted by molar-refractivity contribution is 7.99. The molecule has 1 aliphatic rings. The Labute approximate surface area is 82.1 Å². The van der Waals surface area contributed by atoms with Gasteiger partial charge in [-0.05, 0) is 18.1 Å². The Morgan fingerprint density at radius 3 is 2.85 bits per heavy atom. The smallest absolute Gasteiger partial charge is 0.167 e. The zero-order chi connectivity index (χ0) is 9.10. The van der Waals surface area contributed by atoms with E-state index in [0.29, 0.717) is 0 Å². The topological polar surface area (TPSA) is 43.6 Å². The van der Waals surface area contributed by atoms with Crippen LogP contribution in [0.2, 0.25) is 0 Å². The fraction of sp³-hybridized carbons (Fsp3) is 0.875. The van der Waals surface area contributed by atoms with Gasteiger partial charge in [-0.3, -0.25) is 0 Å². The van der Waals surface area contributed by atoms with Crippen molar-refractivity contribution in [1.82, 2.24) is 20.2 Å². The Morgan fingerprint density at radius 2 is 2.23 bits per heavy atom. The molecule has 0 aromatic carbocycles. The number of hydrogen-bond donors (Lipinski definition) is 0. The van der Waals surface area contributed by atoms with Gasteiger partial charge >= 0.3 is 0 Å². The molecule has 0 bridgehead atoms. The Morgan fingerprint density at radius 1 is 1.46 bits per heavy atom. The first-order chi connectivity index (χ1) is 6.34. The maximum Gasteiger partial charge on any atom is 0.184 e. The SMILES string of the molecule is Cn1nnc(CSC2CCCC2)n1. The molecule has 1 aliphatic carbocycles. The number of rotatable bonds is 3. The second-order valence-electron chi connectivity index (χ2n) is 3.41. The average Bonchev–Trinajstić information content (AvgIpc) is 2.71. The molecule has 1 heterocycles. The van der Waals surface area contributed by atoms with Gasteiger partial charge in [0.1, 0.15) is 0 Å². The van der Waals surface area contributed by atoms with Crippen LogP contribution in [0.4, 0.5) is 0 Å². The Balaban J connectivity index is 1.78. The van der Waals surface area contributed by atoms with Gasteiger partial charge in [0.2, 0.25) is 0 Å². The van der Waals surface area contributed by atoms with E-state index in [0.717, 1.165) is 16.8 Å². The van der Waals surface area contributed by atoms with Crippen LogP contribution in [-0.4, -0.2) is 25.5 Å². The van der Waals surface area contributed by atoms with Gasteiger partial charge in [0.15, 0.2) is 5.82 Å². The van der Waals surface area contributed by atoms with Crippen molar-refractivity contribution < 1.29 is 0 Å². The largest absolute Gasteiger partial charge is 0.184 e. The lowest BCUT2D eigenvalue weighted by atomic mass is 10.4. The summed E-state index contributed by atoms with van der Waals surface area (Å²) in [4.78, 5) is 1.52. The lowest BCUT2D eigenvalue weighted by molar-refractivity contribution is 0.628. The van der Waals surface area contributed by atoms with Crippen molar-refractivity contribution in [2.45, 2.75) is 36.7 Å². The van der Waals surface area contributed by atoms with Crippen LogP contribution in [0.25, 0.3) is 0 Å². The first-order valence-electron chi connectivity index (χ1n) is 4.69. The first kappa shape index (κ1) is 8.99. The molecule has 13 heavy (non-hydrogen) atoms. The third kappa shape index (κ3) is 2.43. The highest BCUT2D eigenvalue weighted by Crippen LogP contribution is 2.30. The van der Waals surface area contributed by atoms with E-state index < -0.39 is 0 Å². The summed E-state index contributed by atoms with van der Waals surface area (Å²) < 4.78 is 0. The molecule has 1 fully saturated rings. The van der Waals surface area contributed by atoms with Crippen molar-refractivity contribution in [2.75, 3.05) is 0 Å². The zero-order valence-corrected chi connectivity index (χ0v) is 8.63. The van der Waals surface area contributed by atoms with Gasteiger partial charge in [-0.2, -0.15) is 16.6 Å². The van der Waals surface area contributed by atoms with Gasteiger partial charge in [0.05, 0.1) is 12.8 Å². The number of thioether (sulfide) groups is 1. The standard InChI is InChI=1S/C8H14N4S/c1-12-10-8(9-11-12)6-13-7-4-2-3-5-7/h7H,2-6H2,1H3. The maximum absolute atomic E-state index is 4.15. The molecule has 0 aliphatic heterocycles. The van der Waals surface area contributed by atoms with Crippen molar-refractivity contribution in [3.8, 4) is 0 Å². The number of aryl methyl sites for hydroxylation is 1. The average molecular weight is 198 g/mol. The summed E-state index contributed by atoms with van der Waals surface area (Å²) in [5.74, 6) is 1.78. The third-order valence-corrected chi connectivity index (χ3v) is 3.67. The predicted octanol–water partition coefficient (Wildman–Crippen LogP) is 1.39. The molecule has 0 amide bonds. The molecule has 0 unspecified atom stereocenters. The maximum atomic E-state index is 4.15. The molecule has 1 aromatic heterocycles. The van der Waals surface area contributed by atoms with Crippen molar-refractivity contribution in [2.24, 2.45) is 7.05 Å². The Hall–Kier alpha value is -0.580. The fourth-order valence-corrected chi connectivity index (χ4v) is 2.80. The van der Waals surface area contributed by atoms with Crippen LogP contribution in [-0.2, 0) is 12.8 Å². The van der Waals surface area contributed by atoms with Crippen LogP contribution in [0, 0.1) is 0 Å². The summed E-state index contributed by atoms with van der Waals surface area (Å²) in [5, 5.41) is 12.7. The predicted molar refractivity (Wildman–Crippen MR) is 52.3 cm³/mol. The molecule has 1 saturated carbocycles. The number of tetrazole rings is 1. The van der Waals surface area contributed by atoms with Crippen LogP contribution < -0.4 is 0 Å². The molecule has 72 valence electrons. The quantitative estimate of drug-likeness (QED) is 0.736. The monoisotopic (exact) mass is 198 g/mol. The molecular weight excluding hydrogens is 184 g/mol. The van der Waals surface area contributed by atoms with E-state index in [1.165, 1.54) is 30.5 Å². The van der Waals surface area contributed by atoms with Crippen molar-refractivity contribution in [1.29, 1.82) is 0 Å². The number of nitrogens with zero attached hydrogens (tertiary/aromatic N) is 4. The molecule has 0 N–H and O–H groups in total. The summed E-state index contributed by atoms with van der Waals surface area (Å²) in [6.07, 6.45) is 5.52. The molecule has 0 saturated heterocycles. The van der Waals surface area contributed by atoms with Crippen LogP contribution in [0.15, 0.2) is 0 Å². The van der Waals surface area contributed by atoms with Gasteiger partial charge in [0.25, 0.3) is 0 Å². The summed E-state index contributed by atoms with van der Waals surface area (Å²) in [5.41, 5.74) is 0. The summed E-state index contributed by atoms with van der Waals surface area (Å²) in [6, 6.07) is 0. The van der Waals surface area contributed by atoms with Crippen LogP contribution in [0.1, 0.15) is 31.5 Å². The summed E-state index contributed by atoms with van der Waals surface area (Å²) in [6.45, 7) is 0. The second kappa shape index (κ2) is 4.09. The van der Waals surface area contributed by atoms with E-state index in [-0.39, 0.29) is 0 Å². The minimum Gasteiger partial charge on any atom is -0.167 e. The minimum atomic E-state index is 0.837. The normalized spacial score (nSPS) is 18.2. The number of hydrogen-bond acceptors (Lipinski definition) is 4. The second-order valence-corrected chi connectivity index (χ2v) is 4.70. The molecule has 0 radical (unpaired) electrons. The molecule has 0 atom stereocenters. The minimum absolute atomic E-state index is 0.837. The van der Waals surface area contributed by atoms with E-state index in [4.69, 9.17) is 0 Å². The summed E-state index contributed by atoms with van der Waals surface area (Å²) >= 11 is 1.97. The van der Waals surface area contributed by atoms with E-state index in [2.05, 4.69) is 15.4 Å². The zero-order valence-electron chi connectivity index (χ0n) is 7.81.